The Balaban J connectivity index is 2.78. The van der Waals surface area contributed by atoms with Crippen molar-refractivity contribution in [2.45, 2.75) is 32.6 Å². The summed E-state index contributed by atoms with van der Waals surface area (Å²) in [6, 6.07) is 0.0166. The molecule has 78 valence electrons. The van der Waals surface area contributed by atoms with Crippen molar-refractivity contribution in [3.8, 4) is 0 Å². The highest BCUT2D eigenvalue weighted by Crippen LogP contribution is 2.14. The van der Waals surface area contributed by atoms with E-state index in [4.69, 9.17) is 5.73 Å². The first-order valence-corrected chi connectivity index (χ1v) is 5.96. The number of nitrogens with two attached hydrogens (primary N) is 1. The Morgan fingerprint density at radius 3 is 2.79 bits per heavy atom. The van der Waals surface area contributed by atoms with Gasteiger partial charge in [-0.1, -0.05) is 6.92 Å². The first-order valence-electron chi connectivity index (χ1n) is 4.81. The molecule has 2 N–H and O–H groups in total. The fourth-order valence-electron chi connectivity index (χ4n) is 1.23. The number of aryl methyl sites for hydroxylation is 1. The van der Waals surface area contributed by atoms with Crippen molar-refractivity contribution in [2.75, 3.05) is 5.75 Å². The minimum Gasteiger partial charge on any atom is -0.324 e. The van der Waals surface area contributed by atoms with Crippen molar-refractivity contribution in [2.24, 2.45) is 5.73 Å². The summed E-state index contributed by atoms with van der Waals surface area (Å²) in [6.45, 7) is 6.07. The first-order chi connectivity index (χ1) is 6.65. The predicted octanol–water partition coefficient (Wildman–Crippen LogP) is 2.06. The molecular formula is C10H17N3S. The van der Waals surface area contributed by atoms with Crippen LogP contribution in [0.25, 0.3) is 0 Å². The molecule has 0 fully saturated rings. The van der Waals surface area contributed by atoms with Crippen molar-refractivity contribution in [1.29, 1.82) is 0 Å². The molecule has 0 saturated heterocycles. The van der Waals surface area contributed by atoms with E-state index in [1.165, 1.54) is 0 Å². The number of hydrogen-bond acceptors (Lipinski definition) is 4. The van der Waals surface area contributed by atoms with Crippen molar-refractivity contribution in [3.05, 3.63) is 23.3 Å². The van der Waals surface area contributed by atoms with E-state index in [1.54, 1.807) is 0 Å². The predicted molar refractivity (Wildman–Crippen MR) is 61.2 cm³/mol. The van der Waals surface area contributed by atoms with Gasteiger partial charge >= 0.3 is 0 Å². The molecule has 0 amide bonds. The lowest BCUT2D eigenvalue weighted by Gasteiger charge is -2.09. The van der Waals surface area contributed by atoms with E-state index in [0.717, 1.165) is 28.6 Å². The summed E-state index contributed by atoms with van der Waals surface area (Å²) in [4.78, 5) is 8.71. The van der Waals surface area contributed by atoms with Gasteiger partial charge in [0.05, 0.1) is 5.75 Å². The Morgan fingerprint density at radius 1 is 1.57 bits per heavy atom. The van der Waals surface area contributed by atoms with Crippen LogP contribution < -0.4 is 5.73 Å². The minimum atomic E-state index is 0.0166. The van der Waals surface area contributed by atoms with Crippen LogP contribution in [0.1, 0.15) is 37.0 Å². The van der Waals surface area contributed by atoms with Gasteiger partial charge in [-0.05, 0) is 19.6 Å². The zero-order valence-corrected chi connectivity index (χ0v) is 9.77. The van der Waals surface area contributed by atoms with E-state index in [9.17, 15) is 0 Å². The van der Waals surface area contributed by atoms with Gasteiger partial charge in [-0.3, -0.25) is 0 Å². The van der Waals surface area contributed by atoms with Gasteiger partial charge in [0.15, 0.2) is 0 Å². The Labute approximate surface area is 89.5 Å². The molecule has 0 aliphatic carbocycles. The minimum absolute atomic E-state index is 0.0166. The molecule has 1 atom stereocenters. The summed E-state index contributed by atoms with van der Waals surface area (Å²) in [5.41, 5.74) is 7.82. The second kappa shape index (κ2) is 5.32. The van der Waals surface area contributed by atoms with Crippen LogP contribution in [0.15, 0.2) is 6.20 Å². The Morgan fingerprint density at radius 2 is 2.29 bits per heavy atom. The molecule has 1 aromatic heterocycles. The molecule has 0 aliphatic rings. The molecule has 0 radical (unpaired) electrons. The van der Waals surface area contributed by atoms with Gasteiger partial charge in [-0.25, -0.2) is 9.97 Å². The molecular weight excluding hydrogens is 194 g/mol. The zero-order valence-electron chi connectivity index (χ0n) is 8.95. The SMILES string of the molecule is CCSCc1ncc([C@H](C)N)c(C)n1. The van der Waals surface area contributed by atoms with E-state index in [0.29, 0.717) is 0 Å². The summed E-state index contributed by atoms with van der Waals surface area (Å²) < 4.78 is 0. The maximum atomic E-state index is 5.78. The lowest BCUT2D eigenvalue weighted by atomic mass is 10.1. The highest BCUT2D eigenvalue weighted by atomic mass is 32.2. The molecule has 1 aromatic rings. The van der Waals surface area contributed by atoms with Crippen LogP contribution in [0, 0.1) is 6.92 Å². The van der Waals surface area contributed by atoms with Crippen molar-refractivity contribution in [1.82, 2.24) is 9.97 Å². The third-order valence-corrected chi connectivity index (χ3v) is 2.86. The molecule has 1 rings (SSSR count). The van der Waals surface area contributed by atoms with Gasteiger partial charge in [-0.2, -0.15) is 11.8 Å². The zero-order chi connectivity index (χ0) is 10.6. The summed E-state index contributed by atoms with van der Waals surface area (Å²) >= 11 is 1.83. The second-order valence-corrected chi connectivity index (χ2v) is 4.53. The molecule has 1 heterocycles. The molecule has 0 spiro atoms. The molecule has 0 aliphatic heterocycles. The van der Waals surface area contributed by atoms with Gasteiger partial charge in [0.25, 0.3) is 0 Å². The third-order valence-electron chi connectivity index (χ3n) is 1.99. The van der Waals surface area contributed by atoms with Gasteiger partial charge < -0.3 is 5.73 Å². The lowest BCUT2D eigenvalue weighted by molar-refractivity contribution is 0.781. The highest BCUT2D eigenvalue weighted by molar-refractivity contribution is 7.98. The van der Waals surface area contributed by atoms with Crippen LogP contribution in [-0.4, -0.2) is 15.7 Å². The maximum Gasteiger partial charge on any atom is 0.138 e. The van der Waals surface area contributed by atoms with Crippen molar-refractivity contribution < 1.29 is 0 Å². The number of aromatic nitrogens is 2. The molecule has 0 unspecified atom stereocenters. The Kier molecular flexibility index (Phi) is 4.35. The number of thioether (sulfide) groups is 1. The van der Waals surface area contributed by atoms with Crippen LogP contribution in [0.3, 0.4) is 0 Å². The number of nitrogens with zero attached hydrogens (tertiary/aromatic N) is 2. The normalized spacial score (nSPS) is 12.9. The van der Waals surface area contributed by atoms with E-state index in [-0.39, 0.29) is 6.04 Å². The summed E-state index contributed by atoms with van der Waals surface area (Å²) in [6.07, 6.45) is 1.85. The average molecular weight is 211 g/mol. The topological polar surface area (TPSA) is 51.8 Å². The highest BCUT2D eigenvalue weighted by Gasteiger charge is 2.06. The van der Waals surface area contributed by atoms with Gasteiger partial charge in [0.2, 0.25) is 0 Å². The van der Waals surface area contributed by atoms with Gasteiger partial charge in [0.1, 0.15) is 5.82 Å². The lowest BCUT2D eigenvalue weighted by Crippen LogP contribution is -2.10. The second-order valence-electron chi connectivity index (χ2n) is 3.25. The van der Waals surface area contributed by atoms with E-state index < -0.39 is 0 Å². The van der Waals surface area contributed by atoms with Crippen LogP contribution in [0.5, 0.6) is 0 Å². The van der Waals surface area contributed by atoms with Gasteiger partial charge in [0, 0.05) is 23.5 Å². The summed E-state index contributed by atoms with van der Waals surface area (Å²) in [5.74, 6) is 2.88. The first kappa shape index (κ1) is 11.5. The van der Waals surface area contributed by atoms with Crippen LogP contribution >= 0.6 is 11.8 Å². The monoisotopic (exact) mass is 211 g/mol. The summed E-state index contributed by atoms with van der Waals surface area (Å²) in [5, 5.41) is 0. The molecule has 0 bridgehead atoms. The van der Waals surface area contributed by atoms with E-state index in [1.807, 2.05) is 31.8 Å². The smallest absolute Gasteiger partial charge is 0.138 e. The molecule has 0 saturated carbocycles. The van der Waals surface area contributed by atoms with Crippen LogP contribution in [-0.2, 0) is 5.75 Å². The maximum absolute atomic E-state index is 5.78. The standard InChI is InChI=1S/C10H17N3S/c1-4-14-6-10-12-5-9(7(2)11)8(3)13-10/h5,7H,4,6,11H2,1-3H3/t7-/m0/s1. The number of hydrogen-bond donors (Lipinski definition) is 1. The summed E-state index contributed by atoms with van der Waals surface area (Å²) in [7, 11) is 0. The molecule has 3 nitrogen and oxygen atoms in total. The van der Waals surface area contributed by atoms with Crippen molar-refractivity contribution >= 4 is 11.8 Å². The average Bonchev–Trinajstić information content (AvgIpc) is 2.14. The van der Waals surface area contributed by atoms with Gasteiger partial charge in [-0.15, -0.1) is 0 Å². The Bertz CT molecular complexity index is 299. The molecule has 0 aromatic carbocycles. The van der Waals surface area contributed by atoms with Crippen LogP contribution in [0.2, 0.25) is 0 Å². The van der Waals surface area contributed by atoms with E-state index in [2.05, 4.69) is 16.9 Å². The van der Waals surface area contributed by atoms with E-state index >= 15 is 0 Å². The fourth-order valence-corrected chi connectivity index (χ4v) is 1.76. The Hall–Kier alpha value is -0.610. The van der Waals surface area contributed by atoms with Crippen molar-refractivity contribution in [3.63, 3.8) is 0 Å². The largest absolute Gasteiger partial charge is 0.324 e. The quantitative estimate of drug-likeness (QED) is 0.828. The number of rotatable bonds is 4. The third kappa shape index (κ3) is 2.96. The van der Waals surface area contributed by atoms with Crippen LogP contribution in [0.4, 0.5) is 0 Å². The fraction of sp³-hybridized carbons (Fsp3) is 0.600. The molecule has 14 heavy (non-hydrogen) atoms. The molecule has 4 heteroatoms.